The third-order valence-electron chi connectivity index (χ3n) is 3.83. The van der Waals surface area contributed by atoms with Gasteiger partial charge in [-0.2, -0.15) is 0 Å². The summed E-state index contributed by atoms with van der Waals surface area (Å²) in [6, 6.07) is 11.6. The molecule has 3 rings (SSSR count). The first-order valence-electron chi connectivity index (χ1n) is 6.72. The molecule has 0 spiro atoms. The highest BCUT2D eigenvalue weighted by Gasteiger charge is 2.17. The fourth-order valence-electron chi connectivity index (χ4n) is 2.80. The third-order valence-corrected chi connectivity index (χ3v) is 3.83. The number of aromatic nitrogens is 1. The Morgan fingerprint density at radius 1 is 1.22 bits per heavy atom. The van der Waals surface area contributed by atoms with Crippen LogP contribution in [0.5, 0.6) is 0 Å². The SMILES string of the molecule is Cn1ccc(CNC2CCc3ccccc3C2)c1. The minimum absolute atomic E-state index is 0.625. The number of nitrogens with zero attached hydrogens (tertiary/aromatic N) is 1. The summed E-state index contributed by atoms with van der Waals surface area (Å²) in [7, 11) is 2.07. The maximum atomic E-state index is 3.68. The van der Waals surface area contributed by atoms with Gasteiger partial charge in [-0.3, -0.25) is 0 Å². The summed E-state index contributed by atoms with van der Waals surface area (Å²) in [5, 5.41) is 3.68. The molecule has 1 aromatic heterocycles. The number of rotatable bonds is 3. The van der Waals surface area contributed by atoms with Crippen LogP contribution in [-0.4, -0.2) is 10.6 Å². The summed E-state index contributed by atoms with van der Waals surface area (Å²) in [6.45, 7) is 0.980. The van der Waals surface area contributed by atoms with Gasteiger partial charge in [0.05, 0.1) is 0 Å². The quantitative estimate of drug-likeness (QED) is 0.873. The van der Waals surface area contributed by atoms with Crippen LogP contribution in [0.3, 0.4) is 0 Å². The van der Waals surface area contributed by atoms with E-state index in [1.165, 1.54) is 36.0 Å². The molecule has 1 N–H and O–H groups in total. The predicted molar refractivity (Wildman–Crippen MR) is 74.5 cm³/mol. The van der Waals surface area contributed by atoms with Crippen LogP contribution in [0.4, 0.5) is 0 Å². The summed E-state index contributed by atoms with van der Waals surface area (Å²) >= 11 is 0. The second kappa shape index (κ2) is 4.99. The normalized spacial score (nSPS) is 18.6. The van der Waals surface area contributed by atoms with Crippen LogP contribution >= 0.6 is 0 Å². The Labute approximate surface area is 109 Å². The molecule has 1 aliphatic rings. The zero-order valence-electron chi connectivity index (χ0n) is 10.9. The Hall–Kier alpha value is -1.54. The molecule has 0 aliphatic heterocycles. The number of nitrogens with one attached hydrogen (secondary N) is 1. The Bertz CT molecular complexity index is 527. The Morgan fingerprint density at radius 2 is 2.06 bits per heavy atom. The first-order chi connectivity index (χ1) is 8.81. The van der Waals surface area contributed by atoms with Crippen LogP contribution in [0.25, 0.3) is 0 Å². The van der Waals surface area contributed by atoms with E-state index in [0.717, 1.165) is 6.54 Å². The highest BCUT2D eigenvalue weighted by molar-refractivity contribution is 5.30. The summed E-state index contributed by atoms with van der Waals surface area (Å²) < 4.78 is 2.10. The number of hydrogen-bond donors (Lipinski definition) is 1. The van der Waals surface area contributed by atoms with Gasteiger partial charge in [0.15, 0.2) is 0 Å². The van der Waals surface area contributed by atoms with Gasteiger partial charge in [-0.05, 0) is 42.0 Å². The van der Waals surface area contributed by atoms with E-state index in [2.05, 4.69) is 59.7 Å². The fourth-order valence-corrected chi connectivity index (χ4v) is 2.80. The molecule has 2 nitrogen and oxygen atoms in total. The maximum Gasteiger partial charge on any atom is 0.0223 e. The van der Waals surface area contributed by atoms with Gasteiger partial charge >= 0.3 is 0 Å². The second-order valence-corrected chi connectivity index (χ2v) is 5.27. The molecule has 1 aliphatic carbocycles. The smallest absolute Gasteiger partial charge is 0.0223 e. The van der Waals surface area contributed by atoms with E-state index in [1.54, 1.807) is 0 Å². The molecule has 94 valence electrons. The van der Waals surface area contributed by atoms with Crippen molar-refractivity contribution >= 4 is 0 Å². The van der Waals surface area contributed by atoms with E-state index in [9.17, 15) is 0 Å². The number of benzene rings is 1. The van der Waals surface area contributed by atoms with Gasteiger partial charge in [0, 0.05) is 32.0 Å². The largest absolute Gasteiger partial charge is 0.357 e. The van der Waals surface area contributed by atoms with E-state index in [4.69, 9.17) is 0 Å². The van der Waals surface area contributed by atoms with E-state index in [-0.39, 0.29) is 0 Å². The molecule has 1 heterocycles. The zero-order valence-corrected chi connectivity index (χ0v) is 10.9. The van der Waals surface area contributed by atoms with Crippen LogP contribution in [0.2, 0.25) is 0 Å². The van der Waals surface area contributed by atoms with Crippen LogP contribution in [0.15, 0.2) is 42.7 Å². The summed E-state index contributed by atoms with van der Waals surface area (Å²) in [5.74, 6) is 0. The first kappa shape index (κ1) is 11.5. The molecule has 0 saturated carbocycles. The molecular weight excluding hydrogens is 220 g/mol. The van der Waals surface area contributed by atoms with E-state index in [0.29, 0.717) is 6.04 Å². The van der Waals surface area contributed by atoms with E-state index >= 15 is 0 Å². The fraction of sp³-hybridized carbons (Fsp3) is 0.375. The van der Waals surface area contributed by atoms with Crippen molar-refractivity contribution in [3.8, 4) is 0 Å². The van der Waals surface area contributed by atoms with Crippen LogP contribution in [0.1, 0.15) is 23.1 Å². The van der Waals surface area contributed by atoms with Crippen LogP contribution in [0, 0.1) is 0 Å². The predicted octanol–water partition coefficient (Wildman–Crippen LogP) is 2.67. The lowest BCUT2D eigenvalue weighted by atomic mass is 9.88. The Balaban J connectivity index is 1.59. The average Bonchev–Trinajstić information content (AvgIpc) is 2.82. The number of aryl methyl sites for hydroxylation is 2. The van der Waals surface area contributed by atoms with Crippen molar-refractivity contribution in [2.45, 2.75) is 31.8 Å². The molecule has 0 bridgehead atoms. The molecule has 1 aromatic carbocycles. The van der Waals surface area contributed by atoms with Gasteiger partial charge in [0.2, 0.25) is 0 Å². The van der Waals surface area contributed by atoms with Crippen molar-refractivity contribution < 1.29 is 0 Å². The lowest BCUT2D eigenvalue weighted by molar-refractivity contribution is 0.457. The average molecular weight is 240 g/mol. The lowest BCUT2D eigenvalue weighted by Crippen LogP contribution is -2.33. The molecule has 1 atom stereocenters. The molecule has 0 saturated heterocycles. The van der Waals surface area contributed by atoms with Crippen molar-refractivity contribution in [3.05, 3.63) is 59.4 Å². The number of hydrogen-bond acceptors (Lipinski definition) is 1. The second-order valence-electron chi connectivity index (χ2n) is 5.27. The van der Waals surface area contributed by atoms with Crippen molar-refractivity contribution in [1.29, 1.82) is 0 Å². The van der Waals surface area contributed by atoms with E-state index in [1.807, 2.05) is 0 Å². The van der Waals surface area contributed by atoms with Crippen LogP contribution < -0.4 is 5.32 Å². The zero-order chi connectivity index (χ0) is 12.4. The standard InChI is InChI=1S/C16H20N2/c1-18-9-8-13(12-18)11-17-16-7-6-14-4-2-3-5-15(14)10-16/h2-5,8-9,12,16-17H,6-7,10-11H2,1H3. The highest BCUT2D eigenvalue weighted by atomic mass is 14.9. The summed E-state index contributed by atoms with van der Waals surface area (Å²) in [4.78, 5) is 0. The van der Waals surface area contributed by atoms with Crippen molar-refractivity contribution in [3.63, 3.8) is 0 Å². The molecule has 18 heavy (non-hydrogen) atoms. The Kier molecular flexibility index (Phi) is 3.20. The van der Waals surface area contributed by atoms with Gasteiger partial charge < -0.3 is 9.88 Å². The number of fused-ring (bicyclic) bond motifs is 1. The minimum atomic E-state index is 0.625. The molecule has 1 unspecified atom stereocenters. The Morgan fingerprint density at radius 3 is 2.83 bits per heavy atom. The van der Waals surface area contributed by atoms with Crippen molar-refractivity contribution in [2.75, 3.05) is 0 Å². The molecular formula is C16H20N2. The lowest BCUT2D eigenvalue weighted by Gasteiger charge is -2.25. The van der Waals surface area contributed by atoms with Gasteiger partial charge in [-0.25, -0.2) is 0 Å². The molecule has 2 heteroatoms. The minimum Gasteiger partial charge on any atom is -0.357 e. The third kappa shape index (κ3) is 2.49. The topological polar surface area (TPSA) is 17.0 Å². The van der Waals surface area contributed by atoms with Crippen molar-refractivity contribution in [2.24, 2.45) is 7.05 Å². The van der Waals surface area contributed by atoms with Crippen LogP contribution in [-0.2, 0) is 26.4 Å². The van der Waals surface area contributed by atoms with Crippen molar-refractivity contribution in [1.82, 2.24) is 9.88 Å². The molecule has 2 aromatic rings. The van der Waals surface area contributed by atoms with Gasteiger partial charge in [-0.15, -0.1) is 0 Å². The summed E-state index contributed by atoms with van der Waals surface area (Å²) in [5.41, 5.74) is 4.43. The molecule has 0 amide bonds. The molecule has 0 fully saturated rings. The highest BCUT2D eigenvalue weighted by Crippen LogP contribution is 2.21. The molecule has 0 radical (unpaired) electrons. The first-order valence-corrected chi connectivity index (χ1v) is 6.72. The van der Waals surface area contributed by atoms with E-state index < -0.39 is 0 Å². The van der Waals surface area contributed by atoms with Gasteiger partial charge in [0.1, 0.15) is 0 Å². The van der Waals surface area contributed by atoms with Gasteiger partial charge in [0.25, 0.3) is 0 Å². The monoisotopic (exact) mass is 240 g/mol. The van der Waals surface area contributed by atoms with Gasteiger partial charge in [-0.1, -0.05) is 24.3 Å². The maximum absolute atomic E-state index is 3.68. The summed E-state index contributed by atoms with van der Waals surface area (Å²) in [6.07, 6.45) is 7.92.